The number of anilines is 1. The maximum atomic E-state index is 13.7. The number of carbonyl (C=O) groups is 4. The predicted octanol–water partition coefficient (Wildman–Crippen LogP) is 2.46. The summed E-state index contributed by atoms with van der Waals surface area (Å²) in [6, 6.07) is 9.58. The van der Waals surface area contributed by atoms with Crippen molar-refractivity contribution >= 4 is 29.7 Å². The summed E-state index contributed by atoms with van der Waals surface area (Å²) < 4.78 is 10.5. The first kappa shape index (κ1) is 33.2. The van der Waals surface area contributed by atoms with Gasteiger partial charge < -0.3 is 35.0 Å². The van der Waals surface area contributed by atoms with Crippen molar-refractivity contribution in [1.29, 1.82) is 0 Å². The topological polar surface area (TPSA) is 163 Å². The zero-order chi connectivity index (χ0) is 31.4. The number of carbonyl (C=O) groups excluding carboxylic acids is 4. The van der Waals surface area contributed by atoms with E-state index in [1.165, 1.54) is 11.0 Å². The summed E-state index contributed by atoms with van der Waals surface area (Å²) in [5.74, 6) is -0.780. The minimum Gasteiger partial charge on any atom is -0.460 e. The fraction of sp³-hybridized carbons (Fsp3) is 0.533. The van der Waals surface area contributed by atoms with Crippen molar-refractivity contribution in [3.63, 3.8) is 0 Å². The van der Waals surface area contributed by atoms with Crippen LogP contribution < -0.4 is 10.6 Å². The van der Waals surface area contributed by atoms with Gasteiger partial charge >= 0.3 is 12.1 Å². The second kappa shape index (κ2) is 15.8. The third kappa shape index (κ3) is 10.5. The molecule has 234 valence electrons. The van der Waals surface area contributed by atoms with Gasteiger partial charge in [0.2, 0.25) is 5.91 Å². The van der Waals surface area contributed by atoms with E-state index in [4.69, 9.17) is 14.6 Å². The molecule has 1 aromatic carbocycles. The smallest absolute Gasteiger partial charge is 0.409 e. The number of nitrogens with zero attached hydrogens (tertiary/aromatic N) is 4. The molecule has 0 radical (unpaired) electrons. The molecule has 1 saturated heterocycles. The standard InChI is InChI=1S/C30H42N6O7/c1-5-42-29(41)36-17-15-35(16-18-36)28(40)22(12-13-25(38)43-30(2,3)4)33-27(39)23-20-24(31-14-9-19-37)34-26(32-23)21-10-7-6-8-11-21/h6-8,10-11,20,22,37H,5,9,12-19H2,1-4H3,(H,33,39)(H,31,32,34)/t22-/m0/s1. The van der Waals surface area contributed by atoms with Crippen molar-refractivity contribution in [3.05, 3.63) is 42.1 Å². The van der Waals surface area contributed by atoms with Gasteiger partial charge in [-0.05, 0) is 40.5 Å². The van der Waals surface area contributed by atoms with Crippen LogP contribution in [0, 0.1) is 0 Å². The minimum atomic E-state index is -1.05. The zero-order valence-electron chi connectivity index (χ0n) is 25.3. The first-order chi connectivity index (χ1) is 20.5. The van der Waals surface area contributed by atoms with Gasteiger partial charge in [-0.15, -0.1) is 0 Å². The van der Waals surface area contributed by atoms with E-state index in [0.717, 1.165) is 0 Å². The Bertz CT molecular complexity index is 1240. The second-order valence-corrected chi connectivity index (χ2v) is 11.0. The van der Waals surface area contributed by atoms with Gasteiger partial charge in [-0.3, -0.25) is 14.4 Å². The number of hydrogen-bond donors (Lipinski definition) is 3. The normalized spacial score (nSPS) is 14.1. The number of aromatic nitrogens is 2. The molecular weight excluding hydrogens is 556 g/mol. The molecule has 2 aromatic rings. The molecule has 1 aliphatic heterocycles. The van der Waals surface area contributed by atoms with Crippen LogP contribution in [0.3, 0.4) is 0 Å². The number of rotatable bonds is 12. The molecule has 43 heavy (non-hydrogen) atoms. The van der Waals surface area contributed by atoms with Crippen LogP contribution >= 0.6 is 0 Å². The molecule has 3 N–H and O–H groups in total. The molecule has 1 aliphatic rings. The maximum absolute atomic E-state index is 13.7. The van der Waals surface area contributed by atoms with Gasteiger partial charge in [0.05, 0.1) is 6.61 Å². The average Bonchev–Trinajstić information content (AvgIpc) is 2.98. The highest BCUT2D eigenvalue weighted by molar-refractivity contribution is 5.97. The van der Waals surface area contributed by atoms with Gasteiger partial charge in [-0.25, -0.2) is 14.8 Å². The predicted molar refractivity (Wildman–Crippen MR) is 159 cm³/mol. The molecule has 13 heteroatoms. The van der Waals surface area contributed by atoms with Crippen molar-refractivity contribution in [3.8, 4) is 11.4 Å². The average molecular weight is 599 g/mol. The quantitative estimate of drug-likeness (QED) is 0.244. The number of ether oxygens (including phenoxy) is 2. The van der Waals surface area contributed by atoms with Gasteiger partial charge in [0.15, 0.2) is 5.82 Å². The van der Waals surface area contributed by atoms with Crippen molar-refractivity contribution in [1.82, 2.24) is 25.1 Å². The number of amides is 3. The molecular formula is C30H42N6O7. The van der Waals surface area contributed by atoms with Crippen molar-refractivity contribution in [2.24, 2.45) is 0 Å². The van der Waals surface area contributed by atoms with Crippen molar-refractivity contribution < 1.29 is 33.8 Å². The van der Waals surface area contributed by atoms with Crippen LogP contribution in [0.2, 0.25) is 0 Å². The van der Waals surface area contributed by atoms with Gasteiger partial charge in [0.25, 0.3) is 5.91 Å². The highest BCUT2D eigenvalue weighted by atomic mass is 16.6. The van der Waals surface area contributed by atoms with Gasteiger partial charge in [0.1, 0.15) is 23.2 Å². The Balaban J connectivity index is 1.82. The van der Waals surface area contributed by atoms with E-state index in [1.54, 1.807) is 32.6 Å². The van der Waals surface area contributed by atoms with Gasteiger partial charge in [-0.2, -0.15) is 0 Å². The third-order valence-corrected chi connectivity index (χ3v) is 6.41. The molecule has 0 bridgehead atoms. The number of aliphatic hydroxyl groups excluding tert-OH is 1. The number of piperazine rings is 1. The molecule has 3 amide bonds. The van der Waals surface area contributed by atoms with Gasteiger partial charge in [0, 0.05) is 57.4 Å². The molecule has 1 atom stereocenters. The summed E-state index contributed by atoms with van der Waals surface area (Å²) in [5.41, 5.74) is 0.0271. The highest BCUT2D eigenvalue weighted by Gasteiger charge is 2.32. The fourth-order valence-corrected chi connectivity index (χ4v) is 4.35. The van der Waals surface area contributed by atoms with Crippen LogP contribution in [-0.2, 0) is 19.1 Å². The molecule has 0 spiro atoms. The second-order valence-electron chi connectivity index (χ2n) is 11.0. The molecule has 1 aromatic heterocycles. The Morgan fingerprint density at radius 2 is 1.70 bits per heavy atom. The molecule has 2 heterocycles. The summed E-state index contributed by atoms with van der Waals surface area (Å²) in [5, 5.41) is 15.0. The van der Waals surface area contributed by atoms with E-state index in [0.29, 0.717) is 30.2 Å². The third-order valence-electron chi connectivity index (χ3n) is 6.41. The molecule has 0 aliphatic carbocycles. The Labute approximate surface area is 252 Å². The van der Waals surface area contributed by atoms with E-state index in [-0.39, 0.29) is 63.8 Å². The number of hydrogen-bond acceptors (Lipinski definition) is 10. The van der Waals surface area contributed by atoms with E-state index in [1.807, 2.05) is 30.3 Å². The van der Waals surface area contributed by atoms with Crippen LogP contribution in [0.4, 0.5) is 10.6 Å². The maximum Gasteiger partial charge on any atom is 0.409 e. The van der Waals surface area contributed by atoms with Crippen LogP contribution in [0.25, 0.3) is 11.4 Å². The largest absolute Gasteiger partial charge is 0.460 e. The lowest BCUT2D eigenvalue weighted by atomic mass is 10.1. The Kier molecular flexibility index (Phi) is 12.2. The number of benzene rings is 1. The van der Waals surface area contributed by atoms with Crippen molar-refractivity contribution in [2.45, 2.75) is 58.6 Å². The molecule has 3 rings (SSSR count). The molecule has 0 saturated carbocycles. The van der Waals surface area contributed by atoms with Crippen LogP contribution in [0.1, 0.15) is 57.4 Å². The number of esters is 1. The van der Waals surface area contributed by atoms with Crippen molar-refractivity contribution in [2.75, 3.05) is 51.3 Å². The first-order valence-corrected chi connectivity index (χ1v) is 14.5. The van der Waals surface area contributed by atoms with Crippen LogP contribution in [0.15, 0.2) is 36.4 Å². The molecule has 1 fully saturated rings. The molecule has 13 nitrogen and oxygen atoms in total. The fourth-order valence-electron chi connectivity index (χ4n) is 4.35. The van der Waals surface area contributed by atoms with E-state index in [2.05, 4.69) is 20.6 Å². The first-order valence-electron chi connectivity index (χ1n) is 14.5. The molecule has 0 unspecified atom stereocenters. The van der Waals surface area contributed by atoms with Gasteiger partial charge in [-0.1, -0.05) is 30.3 Å². The zero-order valence-corrected chi connectivity index (χ0v) is 25.3. The van der Waals surface area contributed by atoms with Crippen LogP contribution in [0.5, 0.6) is 0 Å². The lowest BCUT2D eigenvalue weighted by Crippen LogP contribution is -2.56. The SMILES string of the molecule is CCOC(=O)N1CCN(C(=O)[C@H](CCC(=O)OC(C)(C)C)NC(=O)c2cc(NCCCO)nc(-c3ccccc3)n2)CC1. The Morgan fingerprint density at radius 1 is 1.02 bits per heavy atom. The Hall–Kier alpha value is -4.26. The monoisotopic (exact) mass is 598 g/mol. The highest BCUT2D eigenvalue weighted by Crippen LogP contribution is 2.19. The summed E-state index contributed by atoms with van der Waals surface area (Å²) in [6.45, 7) is 8.73. The lowest BCUT2D eigenvalue weighted by molar-refractivity contribution is -0.155. The van der Waals surface area contributed by atoms with Crippen LogP contribution in [-0.4, -0.2) is 106 Å². The summed E-state index contributed by atoms with van der Waals surface area (Å²) in [6.07, 6.45) is -0.0399. The summed E-state index contributed by atoms with van der Waals surface area (Å²) in [4.78, 5) is 63.9. The number of aliphatic hydroxyl groups is 1. The summed E-state index contributed by atoms with van der Waals surface area (Å²) >= 11 is 0. The lowest BCUT2D eigenvalue weighted by Gasteiger charge is -2.36. The summed E-state index contributed by atoms with van der Waals surface area (Å²) in [7, 11) is 0. The Morgan fingerprint density at radius 3 is 2.33 bits per heavy atom. The minimum absolute atomic E-state index is 0.00748. The van der Waals surface area contributed by atoms with E-state index < -0.39 is 29.6 Å². The number of nitrogens with one attached hydrogen (secondary N) is 2. The van der Waals surface area contributed by atoms with E-state index >= 15 is 0 Å². The van der Waals surface area contributed by atoms with E-state index in [9.17, 15) is 19.2 Å².